The second-order valence-corrected chi connectivity index (χ2v) is 4.97. The van der Waals surface area contributed by atoms with Crippen molar-refractivity contribution in [3.05, 3.63) is 35.9 Å². The molecule has 0 aliphatic carbocycles. The summed E-state index contributed by atoms with van der Waals surface area (Å²) in [6.45, 7) is 1.82. The van der Waals surface area contributed by atoms with Crippen LogP contribution in [0.5, 0.6) is 0 Å². The zero-order chi connectivity index (χ0) is 12.5. The van der Waals surface area contributed by atoms with E-state index in [-0.39, 0.29) is 5.91 Å². The zero-order valence-electron chi connectivity index (χ0n) is 10.5. The first kappa shape index (κ1) is 11.7. The van der Waals surface area contributed by atoms with E-state index < -0.39 is 6.10 Å². The van der Waals surface area contributed by atoms with Crippen LogP contribution in [0.15, 0.2) is 30.3 Å². The number of ether oxygens (including phenoxy) is 1. The summed E-state index contributed by atoms with van der Waals surface area (Å²) < 4.78 is 5.41. The number of rotatable bonds is 3. The van der Waals surface area contributed by atoms with E-state index in [4.69, 9.17) is 4.74 Å². The van der Waals surface area contributed by atoms with E-state index in [9.17, 15) is 4.79 Å². The van der Waals surface area contributed by atoms with Crippen molar-refractivity contribution in [1.29, 1.82) is 0 Å². The second kappa shape index (κ2) is 4.71. The van der Waals surface area contributed by atoms with E-state index in [1.54, 1.807) is 7.11 Å². The van der Waals surface area contributed by atoms with Crippen LogP contribution in [0, 0.1) is 0 Å². The molecule has 2 heterocycles. The molecule has 1 N–H and O–H groups in total. The lowest BCUT2D eigenvalue weighted by atomic mass is 9.87. The highest BCUT2D eigenvalue weighted by Gasteiger charge is 2.46. The number of piperidine rings is 1. The summed E-state index contributed by atoms with van der Waals surface area (Å²) in [5.74, 6) is 0.103. The minimum absolute atomic E-state index is 0.103. The largest absolute Gasteiger partial charge is 0.367 e. The first-order valence-electron chi connectivity index (χ1n) is 6.42. The monoisotopic (exact) mass is 246 g/mol. The summed E-state index contributed by atoms with van der Waals surface area (Å²) in [6, 6.07) is 10.4. The molecule has 0 radical (unpaired) electrons. The number of piperazine rings is 1. The maximum Gasteiger partial charge on any atom is 0.256 e. The third-order valence-corrected chi connectivity index (χ3v) is 3.91. The van der Waals surface area contributed by atoms with E-state index >= 15 is 0 Å². The molecular weight excluding hydrogens is 228 g/mol. The molecule has 96 valence electrons. The number of fused-ring (bicyclic) bond motifs is 2. The zero-order valence-corrected chi connectivity index (χ0v) is 10.5. The fourth-order valence-electron chi connectivity index (χ4n) is 2.98. The maximum absolute atomic E-state index is 12.5. The maximum atomic E-state index is 12.5. The van der Waals surface area contributed by atoms with Crippen LogP contribution in [-0.4, -0.2) is 43.1 Å². The molecule has 0 spiro atoms. The second-order valence-electron chi connectivity index (χ2n) is 4.97. The van der Waals surface area contributed by atoms with Gasteiger partial charge in [0.05, 0.1) is 0 Å². The third kappa shape index (κ3) is 1.82. The van der Waals surface area contributed by atoms with Gasteiger partial charge in [-0.05, 0) is 12.0 Å². The fraction of sp³-hybridized carbons (Fsp3) is 0.500. The van der Waals surface area contributed by atoms with E-state index in [1.807, 2.05) is 35.2 Å². The number of carbonyl (C=O) groups excluding carboxylic acids is 1. The van der Waals surface area contributed by atoms with Gasteiger partial charge in [-0.15, -0.1) is 0 Å². The van der Waals surface area contributed by atoms with E-state index in [2.05, 4.69) is 5.32 Å². The Morgan fingerprint density at radius 2 is 2.00 bits per heavy atom. The van der Waals surface area contributed by atoms with Crippen LogP contribution in [-0.2, 0) is 9.53 Å². The molecule has 2 bridgehead atoms. The van der Waals surface area contributed by atoms with Crippen LogP contribution in [0.2, 0.25) is 0 Å². The van der Waals surface area contributed by atoms with Gasteiger partial charge in [0.25, 0.3) is 5.91 Å². The number of carbonyl (C=O) groups is 1. The van der Waals surface area contributed by atoms with Crippen LogP contribution in [0.4, 0.5) is 0 Å². The highest BCUT2D eigenvalue weighted by atomic mass is 16.5. The van der Waals surface area contributed by atoms with E-state index in [0.717, 1.165) is 25.1 Å². The van der Waals surface area contributed by atoms with Crippen molar-refractivity contribution in [3.63, 3.8) is 0 Å². The van der Waals surface area contributed by atoms with Gasteiger partial charge >= 0.3 is 0 Å². The van der Waals surface area contributed by atoms with Crippen molar-refractivity contribution in [2.24, 2.45) is 0 Å². The Hall–Kier alpha value is -1.39. The van der Waals surface area contributed by atoms with E-state index in [1.165, 1.54) is 0 Å². The number of hydrogen-bond acceptors (Lipinski definition) is 3. The summed E-state index contributed by atoms with van der Waals surface area (Å²) in [4.78, 5) is 14.5. The summed E-state index contributed by atoms with van der Waals surface area (Å²) >= 11 is 0. The van der Waals surface area contributed by atoms with Gasteiger partial charge < -0.3 is 15.0 Å². The number of hydrogen-bond donors (Lipinski definition) is 1. The van der Waals surface area contributed by atoms with Crippen LogP contribution in [0.25, 0.3) is 0 Å². The predicted molar refractivity (Wildman–Crippen MR) is 68.1 cm³/mol. The molecule has 0 saturated carbocycles. The molecule has 1 aromatic carbocycles. The molecule has 2 unspecified atom stereocenters. The summed E-state index contributed by atoms with van der Waals surface area (Å²) in [7, 11) is 1.60. The standard InChI is InChI=1S/C14H18N2O2/c1-18-13(10-5-3-2-4-6-10)14(17)16-11-7-12(16)9-15-8-11/h2-6,11-13,15H,7-9H2,1H3/t11?,12?,13-/m0/s1. The molecule has 2 saturated heterocycles. The lowest BCUT2D eigenvalue weighted by Gasteiger charge is -2.53. The Labute approximate surface area is 107 Å². The summed E-state index contributed by atoms with van der Waals surface area (Å²) in [6.07, 6.45) is 0.666. The molecule has 3 rings (SSSR count). The third-order valence-electron chi connectivity index (χ3n) is 3.91. The number of amides is 1. The average molecular weight is 246 g/mol. The highest BCUT2D eigenvalue weighted by Crippen LogP contribution is 2.32. The summed E-state index contributed by atoms with van der Waals surface area (Å²) in [5, 5.41) is 3.33. The smallest absolute Gasteiger partial charge is 0.256 e. The minimum Gasteiger partial charge on any atom is -0.367 e. The van der Waals surface area contributed by atoms with Crippen molar-refractivity contribution in [2.45, 2.75) is 24.6 Å². The van der Waals surface area contributed by atoms with Gasteiger partial charge in [-0.25, -0.2) is 0 Å². The van der Waals surface area contributed by atoms with Gasteiger partial charge in [0.15, 0.2) is 6.10 Å². The molecule has 1 aromatic rings. The van der Waals surface area contributed by atoms with Crippen molar-refractivity contribution in [3.8, 4) is 0 Å². The SMILES string of the molecule is CO[C@H](C(=O)N1C2CNCC1C2)c1ccccc1. The van der Waals surface area contributed by atoms with Gasteiger partial charge in [0.2, 0.25) is 0 Å². The van der Waals surface area contributed by atoms with E-state index in [0.29, 0.717) is 12.1 Å². The number of nitrogens with zero attached hydrogens (tertiary/aromatic N) is 1. The molecule has 0 aromatic heterocycles. The van der Waals surface area contributed by atoms with Gasteiger partial charge in [-0.1, -0.05) is 30.3 Å². The number of nitrogens with one attached hydrogen (secondary N) is 1. The topological polar surface area (TPSA) is 41.6 Å². The first-order chi connectivity index (χ1) is 8.81. The Morgan fingerprint density at radius 1 is 1.33 bits per heavy atom. The molecule has 4 nitrogen and oxygen atoms in total. The number of benzene rings is 1. The molecular formula is C14H18N2O2. The lowest BCUT2D eigenvalue weighted by Crippen LogP contribution is -2.70. The van der Waals surface area contributed by atoms with Crippen LogP contribution in [0.3, 0.4) is 0 Å². The Kier molecular flexibility index (Phi) is 3.06. The molecule has 2 aliphatic rings. The van der Waals surface area contributed by atoms with Crippen molar-refractivity contribution in [1.82, 2.24) is 10.2 Å². The molecule has 3 atom stereocenters. The van der Waals surface area contributed by atoms with Crippen LogP contribution < -0.4 is 5.32 Å². The first-order valence-corrected chi connectivity index (χ1v) is 6.42. The molecule has 2 fully saturated rings. The average Bonchev–Trinajstić information content (AvgIpc) is 2.41. The molecule has 2 aliphatic heterocycles. The molecule has 4 heteroatoms. The highest BCUT2D eigenvalue weighted by molar-refractivity contribution is 5.84. The van der Waals surface area contributed by atoms with Crippen molar-refractivity contribution >= 4 is 5.91 Å². The molecule has 1 amide bonds. The minimum atomic E-state index is -0.463. The Balaban J connectivity index is 1.78. The van der Waals surface area contributed by atoms with Gasteiger partial charge in [-0.3, -0.25) is 4.79 Å². The number of methoxy groups -OCH3 is 1. The van der Waals surface area contributed by atoms with Gasteiger partial charge in [-0.2, -0.15) is 0 Å². The van der Waals surface area contributed by atoms with Crippen LogP contribution >= 0.6 is 0 Å². The predicted octanol–water partition coefficient (Wildman–Crippen LogP) is 0.947. The summed E-state index contributed by atoms with van der Waals surface area (Å²) in [5.41, 5.74) is 0.933. The quantitative estimate of drug-likeness (QED) is 0.863. The normalized spacial score (nSPS) is 27.5. The van der Waals surface area contributed by atoms with Crippen molar-refractivity contribution < 1.29 is 9.53 Å². The Morgan fingerprint density at radius 3 is 2.56 bits per heavy atom. The van der Waals surface area contributed by atoms with Gasteiger partial charge in [0.1, 0.15) is 0 Å². The van der Waals surface area contributed by atoms with Crippen LogP contribution in [0.1, 0.15) is 18.1 Å². The van der Waals surface area contributed by atoms with Gasteiger partial charge in [0, 0.05) is 32.3 Å². The van der Waals surface area contributed by atoms with Crippen molar-refractivity contribution in [2.75, 3.05) is 20.2 Å². The fourth-order valence-corrected chi connectivity index (χ4v) is 2.98. The lowest BCUT2D eigenvalue weighted by molar-refractivity contribution is -0.159. The Bertz CT molecular complexity index is 421. The molecule has 18 heavy (non-hydrogen) atoms.